The molecule has 1 aromatic carbocycles. The van der Waals surface area contributed by atoms with Crippen molar-refractivity contribution in [3.8, 4) is 5.88 Å². The Kier molecular flexibility index (Phi) is 5.12. The van der Waals surface area contributed by atoms with Gasteiger partial charge in [0.05, 0.1) is 5.56 Å². The van der Waals surface area contributed by atoms with Crippen LogP contribution in [-0.2, 0) is 4.79 Å². The molecule has 1 aliphatic carbocycles. The lowest BCUT2D eigenvalue weighted by Crippen LogP contribution is -2.16. The highest BCUT2D eigenvalue weighted by Crippen LogP contribution is 2.19. The van der Waals surface area contributed by atoms with Crippen LogP contribution in [0.2, 0.25) is 0 Å². The third-order valence-electron chi connectivity index (χ3n) is 3.85. The molecule has 26 heavy (non-hydrogen) atoms. The molecule has 2 aromatic rings. The smallest absolute Gasteiger partial charge is 0.312 e. The lowest BCUT2D eigenvalue weighted by atomic mass is 10.0. The summed E-state index contributed by atoms with van der Waals surface area (Å²) in [5.74, 6) is -1.36. The van der Waals surface area contributed by atoms with Crippen molar-refractivity contribution in [2.24, 2.45) is 0 Å². The van der Waals surface area contributed by atoms with Gasteiger partial charge in [-0.05, 0) is 24.6 Å². The Bertz CT molecular complexity index is 915. The van der Waals surface area contributed by atoms with E-state index in [1.54, 1.807) is 24.3 Å². The van der Waals surface area contributed by atoms with Crippen molar-refractivity contribution in [1.29, 1.82) is 0 Å². The first-order chi connectivity index (χ1) is 12.5. The third kappa shape index (κ3) is 3.97. The van der Waals surface area contributed by atoms with Crippen molar-refractivity contribution >= 4 is 23.3 Å². The number of benzene rings is 1. The van der Waals surface area contributed by atoms with E-state index in [2.05, 4.69) is 4.98 Å². The molecule has 130 valence electrons. The van der Waals surface area contributed by atoms with Gasteiger partial charge in [0.15, 0.2) is 11.6 Å². The summed E-state index contributed by atoms with van der Waals surface area (Å²) >= 11 is 0. The van der Waals surface area contributed by atoms with E-state index < -0.39 is 11.8 Å². The molecule has 0 bridgehead atoms. The molecule has 0 unspecified atom stereocenters. The van der Waals surface area contributed by atoms with Crippen LogP contribution in [-0.4, -0.2) is 28.3 Å². The maximum atomic E-state index is 12.0. The normalized spacial score (nSPS) is 12.6. The van der Waals surface area contributed by atoms with Crippen LogP contribution in [0.25, 0.3) is 0 Å². The zero-order valence-corrected chi connectivity index (χ0v) is 13.8. The number of aromatic nitrogens is 1. The molecule has 3 rings (SSSR count). The van der Waals surface area contributed by atoms with Crippen molar-refractivity contribution < 1.29 is 23.9 Å². The molecule has 0 amide bonds. The molecule has 1 heterocycles. The maximum absolute atomic E-state index is 12.0. The molecular weight excluding hydrogens is 334 g/mol. The minimum Gasteiger partial charge on any atom is -0.407 e. The topological polar surface area (TPSA) is 90.4 Å². The van der Waals surface area contributed by atoms with Gasteiger partial charge < -0.3 is 4.74 Å². The lowest BCUT2D eigenvalue weighted by Gasteiger charge is -2.09. The van der Waals surface area contributed by atoms with E-state index in [1.165, 1.54) is 18.2 Å². The van der Waals surface area contributed by atoms with Crippen LogP contribution in [0.3, 0.4) is 0 Å². The van der Waals surface area contributed by atoms with Gasteiger partial charge in [-0.2, -0.15) is 0 Å². The second-order valence-corrected chi connectivity index (χ2v) is 5.72. The average molecular weight is 349 g/mol. The van der Waals surface area contributed by atoms with E-state index in [9.17, 15) is 19.2 Å². The number of rotatable bonds is 6. The minimum absolute atomic E-state index is 0.0259. The molecule has 0 saturated carbocycles. The van der Waals surface area contributed by atoms with Crippen LogP contribution in [0.4, 0.5) is 0 Å². The Morgan fingerprint density at radius 2 is 1.62 bits per heavy atom. The Morgan fingerprint density at radius 3 is 2.38 bits per heavy atom. The highest BCUT2D eigenvalue weighted by molar-refractivity contribution is 6.21. The highest BCUT2D eigenvalue weighted by Gasteiger charge is 2.21. The van der Waals surface area contributed by atoms with Crippen LogP contribution < -0.4 is 4.74 Å². The van der Waals surface area contributed by atoms with Gasteiger partial charge >= 0.3 is 5.97 Å². The summed E-state index contributed by atoms with van der Waals surface area (Å²) in [7, 11) is 0. The van der Waals surface area contributed by atoms with Gasteiger partial charge in [-0.15, -0.1) is 0 Å². The molecule has 6 nitrogen and oxygen atoms in total. The molecule has 0 radical (unpaired) electrons. The van der Waals surface area contributed by atoms with Gasteiger partial charge in [0.25, 0.3) is 0 Å². The Balaban J connectivity index is 1.54. The minimum atomic E-state index is -0.552. The third-order valence-corrected chi connectivity index (χ3v) is 3.85. The van der Waals surface area contributed by atoms with Crippen molar-refractivity contribution in [2.75, 3.05) is 0 Å². The van der Waals surface area contributed by atoms with Gasteiger partial charge in [0.1, 0.15) is 5.69 Å². The van der Waals surface area contributed by atoms with Crippen molar-refractivity contribution in [3.05, 3.63) is 71.4 Å². The number of hydrogen-bond donors (Lipinski definition) is 0. The van der Waals surface area contributed by atoms with Crippen LogP contribution in [0.1, 0.15) is 50.5 Å². The summed E-state index contributed by atoms with van der Waals surface area (Å²) in [5.41, 5.74) is 0.765. The van der Waals surface area contributed by atoms with Crippen molar-refractivity contribution in [1.82, 2.24) is 4.98 Å². The van der Waals surface area contributed by atoms with Gasteiger partial charge in [-0.3, -0.25) is 19.2 Å². The Labute approximate surface area is 149 Å². The van der Waals surface area contributed by atoms with E-state index in [-0.39, 0.29) is 41.5 Å². The number of fused-ring (bicyclic) bond motifs is 1. The second kappa shape index (κ2) is 7.65. The summed E-state index contributed by atoms with van der Waals surface area (Å²) in [6.07, 6.45) is 2.94. The van der Waals surface area contributed by atoms with E-state index >= 15 is 0 Å². The van der Waals surface area contributed by atoms with E-state index in [0.717, 1.165) is 6.08 Å². The number of pyridine rings is 1. The number of nitrogens with zero attached hydrogens (tertiary/aromatic N) is 1. The molecule has 0 saturated heterocycles. The van der Waals surface area contributed by atoms with Gasteiger partial charge in [0.2, 0.25) is 11.7 Å². The van der Waals surface area contributed by atoms with E-state index in [1.807, 2.05) is 6.07 Å². The molecule has 0 atom stereocenters. The largest absolute Gasteiger partial charge is 0.407 e. The van der Waals surface area contributed by atoms with Gasteiger partial charge in [-0.1, -0.05) is 30.3 Å². The average Bonchev–Trinajstić information content (AvgIpc) is 2.65. The van der Waals surface area contributed by atoms with E-state index in [0.29, 0.717) is 12.0 Å². The molecule has 0 spiro atoms. The number of esters is 1. The quantitative estimate of drug-likeness (QED) is 0.588. The first-order valence-electron chi connectivity index (χ1n) is 8.11. The Hall–Kier alpha value is -3.41. The van der Waals surface area contributed by atoms with Crippen LogP contribution >= 0.6 is 0 Å². The highest BCUT2D eigenvalue weighted by atomic mass is 16.5. The molecule has 0 N–H and O–H groups in total. The molecule has 1 aliphatic rings. The molecular formula is C20H15NO5. The Morgan fingerprint density at radius 1 is 0.885 bits per heavy atom. The number of carbonyl (C=O) groups is 4. The van der Waals surface area contributed by atoms with Gasteiger partial charge in [0, 0.05) is 24.5 Å². The number of allylic oxidation sites excluding steroid dienone is 2. The first kappa shape index (κ1) is 17.4. The first-order valence-corrected chi connectivity index (χ1v) is 8.11. The standard InChI is InChI=1S/C20H15NO5/c22-15(13-5-2-1-3-6-13)7-4-8-19(25)26-18-12-9-14-16(23)10-11-17(24)20(14)21-18/h1-3,5-6,9-12H,4,7-8H2. The zero-order chi connectivity index (χ0) is 18.5. The summed E-state index contributed by atoms with van der Waals surface area (Å²) in [4.78, 5) is 51.3. The van der Waals surface area contributed by atoms with E-state index in [4.69, 9.17) is 4.74 Å². The van der Waals surface area contributed by atoms with Crippen molar-refractivity contribution in [2.45, 2.75) is 19.3 Å². The number of carbonyl (C=O) groups excluding carboxylic acids is 4. The monoisotopic (exact) mass is 349 g/mol. The predicted octanol–water partition coefficient (Wildman–Crippen LogP) is 2.98. The summed E-state index contributed by atoms with van der Waals surface area (Å²) < 4.78 is 5.10. The van der Waals surface area contributed by atoms with Gasteiger partial charge in [-0.25, -0.2) is 4.98 Å². The zero-order valence-electron chi connectivity index (χ0n) is 13.8. The predicted molar refractivity (Wildman–Crippen MR) is 92.3 cm³/mol. The second-order valence-electron chi connectivity index (χ2n) is 5.72. The fourth-order valence-electron chi connectivity index (χ4n) is 2.53. The summed E-state index contributed by atoms with van der Waals surface area (Å²) in [6, 6.07) is 11.6. The summed E-state index contributed by atoms with van der Waals surface area (Å²) in [6.45, 7) is 0. The fourth-order valence-corrected chi connectivity index (χ4v) is 2.53. The van der Waals surface area contributed by atoms with Crippen molar-refractivity contribution in [3.63, 3.8) is 0 Å². The molecule has 1 aromatic heterocycles. The fraction of sp³-hybridized carbons (Fsp3) is 0.150. The lowest BCUT2D eigenvalue weighted by molar-refractivity contribution is -0.134. The number of hydrogen-bond acceptors (Lipinski definition) is 6. The number of ether oxygens (including phenoxy) is 1. The molecule has 0 fully saturated rings. The number of ketones is 3. The van der Waals surface area contributed by atoms with Crippen LogP contribution in [0.15, 0.2) is 54.6 Å². The van der Waals surface area contributed by atoms with Crippen LogP contribution in [0.5, 0.6) is 5.88 Å². The summed E-state index contributed by atoms with van der Waals surface area (Å²) in [5, 5.41) is 0. The molecule has 0 aliphatic heterocycles. The maximum Gasteiger partial charge on any atom is 0.312 e. The number of Topliss-reactive ketones (excluding diaryl/α,β-unsaturated/α-hetero) is 1. The van der Waals surface area contributed by atoms with Crippen LogP contribution in [0, 0.1) is 0 Å². The molecule has 6 heteroatoms. The SMILES string of the molecule is O=C(CCCC(=O)c1ccccc1)Oc1ccc2c(n1)C(=O)C=CC2=O.